The Morgan fingerprint density at radius 3 is 2.76 bits per heavy atom. The Labute approximate surface area is 104 Å². The van der Waals surface area contributed by atoms with E-state index in [1.807, 2.05) is 0 Å². The molecule has 0 aliphatic heterocycles. The molecule has 0 unspecified atom stereocenters. The predicted molar refractivity (Wildman–Crippen MR) is 66.7 cm³/mol. The minimum absolute atomic E-state index is 0.351. The Bertz CT molecular complexity index is 461. The summed E-state index contributed by atoms with van der Waals surface area (Å²) in [5.41, 5.74) is 1.13. The molecule has 3 rings (SSSR count). The molecule has 0 atom stereocenters. The van der Waals surface area contributed by atoms with Gasteiger partial charge < -0.3 is 10.4 Å². The van der Waals surface area contributed by atoms with E-state index in [-0.39, 0.29) is 0 Å². The highest BCUT2D eigenvalue weighted by Gasteiger charge is 2.53. The summed E-state index contributed by atoms with van der Waals surface area (Å²) >= 11 is 1.25. The number of nitrogens with zero attached hydrogens (tertiary/aromatic N) is 1. The second-order valence-electron chi connectivity index (χ2n) is 5.23. The van der Waals surface area contributed by atoms with Crippen LogP contribution in [0.15, 0.2) is 0 Å². The number of hydrogen-bond donors (Lipinski definition) is 2. The molecule has 2 fully saturated rings. The van der Waals surface area contributed by atoms with Crippen molar-refractivity contribution in [1.29, 1.82) is 0 Å². The van der Waals surface area contributed by atoms with Gasteiger partial charge in [0.25, 0.3) is 0 Å². The van der Waals surface area contributed by atoms with Crippen LogP contribution in [-0.2, 0) is 0 Å². The largest absolute Gasteiger partial charge is 0.477 e. The number of anilines is 1. The van der Waals surface area contributed by atoms with Gasteiger partial charge in [-0.3, -0.25) is 0 Å². The monoisotopic (exact) mass is 252 g/mol. The van der Waals surface area contributed by atoms with Crippen LogP contribution in [0.2, 0.25) is 0 Å². The maximum atomic E-state index is 10.9. The molecular weight excluding hydrogens is 236 g/mol. The first-order chi connectivity index (χ1) is 8.11. The van der Waals surface area contributed by atoms with Gasteiger partial charge in [-0.25, -0.2) is 9.78 Å². The summed E-state index contributed by atoms with van der Waals surface area (Å²) in [5, 5.41) is 13.0. The second kappa shape index (κ2) is 3.70. The van der Waals surface area contributed by atoms with Crippen LogP contribution in [0.1, 0.15) is 41.0 Å². The van der Waals surface area contributed by atoms with Crippen molar-refractivity contribution in [3.63, 3.8) is 0 Å². The molecule has 2 N–H and O–H groups in total. The molecule has 2 aliphatic rings. The number of carbonyl (C=O) groups is 1. The molecule has 5 heteroatoms. The predicted octanol–water partition coefficient (Wildman–Crippen LogP) is 2.75. The van der Waals surface area contributed by atoms with Gasteiger partial charge in [-0.1, -0.05) is 11.3 Å². The minimum atomic E-state index is -0.878. The summed E-state index contributed by atoms with van der Waals surface area (Å²) in [6.07, 6.45) is 5.39. The number of aromatic nitrogens is 1. The van der Waals surface area contributed by atoms with Crippen LogP contribution in [0.3, 0.4) is 0 Å². The molecule has 0 spiro atoms. The molecular formula is C12H16N2O2S. The molecule has 0 radical (unpaired) electrons. The van der Waals surface area contributed by atoms with Crippen molar-refractivity contribution in [2.75, 3.05) is 11.9 Å². The smallest absolute Gasteiger partial charge is 0.347 e. The fourth-order valence-electron chi connectivity index (χ4n) is 2.51. The van der Waals surface area contributed by atoms with Gasteiger partial charge >= 0.3 is 5.97 Å². The molecule has 0 bridgehead atoms. The highest BCUT2D eigenvalue weighted by Crippen LogP contribution is 2.61. The number of hydrogen-bond acceptors (Lipinski definition) is 4. The SMILES string of the molecule is Cc1nc(NCC2(C3CC3)CC2)sc1C(=O)O. The van der Waals surface area contributed by atoms with Crippen LogP contribution in [0.5, 0.6) is 0 Å². The van der Waals surface area contributed by atoms with Gasteiger partial charge in [-0.2, -0.15) is 0 Å². The van der Waals surface area contributed by atoms with Crippen LogP contribution in [0, 0.1) is 18.3 Å². The Kier molecular flexibility index (Phi) is 2.40. The fourth-order valence-corrected chi connectivity index (χ4v) is 3.31. The first kappa shape index (κ1) is 11.0. The van der Waals surface area contributed by atoms with E-state index in [9.17, 15) is 4.79 Å². The summed E-state index contributed by atoms with van der Waals surface area (Å²) in [6, 6.07) is 0. The highest BCUT2D eigenvalue weighted by atomic mass is 32.1. The Hall–Kier alpha value is -1.10. The van der Waals surface area contributed by atoms with E-state index >= 15 is 0 Å². The van der Waals surface area contributed by atoms with Crippen LogP contribution < -0.4 is 5.32 Å². The maximum absolute atomic E-state index is 10.9. The lowest BCUT2D eigenvalue weighted by Crippen LogP contribution is -2.17. The molecule has 4 nitrogen and oxygen atoms in total. The number of nitrogens with one attached hydrogen (secondary N) is 1. The zero-order valence-corrected chi connectivity index (χ0v) is 10.6. The molecule has 1 heterocycles. The summed E-state index contributed by atoms with van der Waals surface area (Å²) in [6.45, 7) is 2.71. The first-order valence-corrected chi connectivity index (χ1v) is 6.87. The van der Waals surface area contributed by atoms with Crippen molar-refractivity contribution in [3.05, 3.63) is 10.6 Å². The fraction of sp³-hybridized carbons (Fsp3) is 0.667. The third-order valence-electron chi connectivity index (χ3n) is 3.92. The normalized spacial score (nSPS) is 21.2. The summed E-state index contributed by atoms with van der Waals surface area (Å²) in [4.78, 5) is 15.5. The maximum Gasteiger partial charge on any atom is 0.347 e. The summed E-state index contributed by atoms with van der Waals surface area (Å²) in [7, 11) is 0. The molecule has 2 saturated carbocycles. The van der Waals surface area contributed by atoms with Crippen molar-refractivity contribution in [2.24, 2.45) is 11.3 Å². The molecule has 2 aliphatic carbocycles. The van der Waals surface area contributed by atoms with Crippen molar-refractivity contribution < 1.29 is 9.90 Å². The Balaban J connectivity index is 1.65. The number of rotatable bonds is 5. The van der Waals surface area contributed by atoms with E-state index in [0.29, 0.717) is 16.0 Å². The van der Waals surface area contributed by atoms with E-state index in [0.717, 1.165) is 17.6 Å². The lowest BCUT2D eigenvalue weighted by atomic mass is 10.0. The minimum Gasteiger partial charge on any atom is -0.477 e. The average Bonchev–Trinajstić information content (AvgIpc) is 3.13. The average molecular weight is 252 g/mol. The van der Waals surface area contributed by atoms with Crippen LogP contribution in [0.4, 0.5) is 5.13 Å². The van der Waals surface area contributed by atoms with Crippen molar-refractivity contribution in [2.45, 2.75) is 32.6 Å². The number of aryl methyl sites for hydroxylation is 1. The molecule has 92 valence electrons. The molecule has 0 aromatic carbocycles. The third kappa shape index (κ3) is 2.04. The Morgan fingerprint density at radius 1 is 1.59 bits per heavy atom. The van der Waals surface area contributed by atoms with Crippen LogP contribution in [0.25, 0.3) is 0 Å². The lowest BCUT2D eigenvalue weighted by Gasteiger charge is -2.13. The van der Waals surface area contributed by atoms with Gasteiger partial charge in [0.1, 0.15) is 4.88 Å². The number of thiazole rings is 1. The lowest BCUT2D eigenvalue weighted by molar-refractivity contribution is 0.0701. The van der Waals surface area contributed by atoms with Crippen LogP contribution in [-0.4, -0.2) is 22.6 Å². The van der Waals surface area contributed by atoms with Gasteiger partial charge in [0.15, 0.2) is 5.13 Å². The molecule has 0 amide bonds. The number of carboxylic acids is 1. The van der Waals surface area contributed by atoms with Crippen molar-refractivity contribution in [3.8, 4) is 0 Å². The standard InChI is InChI=1S/C12H16N2O2S/c1-7-9(10(15)16)17-11(14-7)13-6-12(4-5-12)8-2-3-8/h8H,2-6H2,1H3,(H,13,14)(H,15,16). The summed E-state index contributed by atoms with van der Waals surface area (Å²) in [5.74, 6) is 0.0337. The van der Waals surface area contributed by atoms with E-state index in [2.05, 4.69) is 10.3 Å². The zero-order chi connectivity index (χ0) is 12.0. The summed E-state index contributed by atoms with van der Waals surface area (Å²) < 4.78 is 0. The first-order valence-electron chi connectivity index (χ1n) is 6.05. The van der Waals surface area contributed by atoms with E-state index in [1.165, 1.54) is 37.0 Å². The van der Waals surface area contributed by atoms with Crippen molar-refractivity contribution >= 4 is 22.4 Å². The second-order valence-corrected chi connectivity index (χ2v) is 6.23. The molecule has 1 aromatic rings. The van der Waals surface area contributed by atoms with E-state index in [1.54, 1.807) is 6.92 Å². The highest BCUT2D eigenvalue weighted by molar-refractivity contribution is 7.17. The van der Waals surface area contributed by atoms with E-state index < -0.39 is 5.97 Å². The van der Waals surface area contributed by atoms with Crippen molar-refractivity contribution in [1.82, 2.24) is 4.98 Å². The number of carboxylic acid groups (broad SMARTS) is 1. The topological polar surface area (TPSA) is 62.2 Å². The quantitative estimate of drug-likeness (QED) is 0.846. The van der Waals surface area contributed by atoms with Gasteiger partial charge in [-0.05, 0) is 43.9 Å². The number of aromatic carboxylic acids is 1. The van der Waals surface area contributed by atoms with Gasteiger partial charge in [-0.15, -0.1) is 0 Å². The zero-order valence-electron chi connectivity index (χ0n) is 9.82. The van der Waals surface area contributed by atoms with E-state index in [4.69, 9.17) is 5.11 Å². The molecule has 1 aromatic heterocycles. The van der Waals surface area contributed by atoms with Gasteiger partial charge in [0.2, 0.25) is 0 Å². The van der Waals surface area contributed by atoms with Crippen LogP contribution >= 0.6 is 11.3 Å². The molecule has 0 saturated heterocycles. The van der Waals surface area contributed by atoms with Gasteiger partial charge in [0, 0.05) is 6.54 Å². The van der Waals surface area contributed by atoms with Gasteiger partial charge in [0.05, 0.1) is 5.69 Å². The Morgan fingerprint density at radius 2 is 2.29 bits per heavy atom. The molecule has 17 heavy (non-hydrogen) atoms. The third-order valence-corrected chi connectivity index (χ3v) is 5.02.